The highest BCUT2D eigenvalue weighted by Gasteiger charge is 2.22. The van der Waals surface area contributed by atoms with Crippen LogP contribution in [0.1, 0.15) is 0 Å². The Morgan fingerprint density at radius 1 is 0.806 bits per heavy atom. The first-order valence-corrected chi connectivity index (χ1v) is 11.9. The maximum Gasteiger partial charge on any atom is 0.231 e. The lowest BCUT2D eigenvalue weighted by Gasteiger charge is -2.26. The highest BCUT2D eigenvalue weighted by Crippen LogP contribution is 2.46. The predicted molar refractivity (Wildman–Crippen MR) is 135 cm³/mol. The van der Waals surface area contributed by atoms with E-state index in [1.54, 1.807) is 21.3 Å². The second-order valence-corrected chi connectivity index (χ2v) is 8.70. The third-order valence-corrected chi connectivity index (χ3v) is 6.77. The van der Waals surface area contributed by atoms with Crippen molar-refractivity contribution in [3.63, 3.8) is 0 Å². The van der Waals surface area contributed by atoms with Gasteiger partial charge in [0.15, 0.2) is 23.0 Å². The van der Waals surface area contributed by atoms with Gasteiger partial charge in [-0.05, 0) is 35.7 Å². The minimum absolute atomic E-state index is 0.198. The summed E-state index contributed by atoms with van der Waals surface area (Å²) in [7, 11) is 4.85. The van der Waals surface area contributed by atoms with Crippen molar-refractivity contribution in [1.29, 1.82) is 0 Å². The number of fused-ring (bicyclic) bond motifs is 6. The first-order valence-electron chi connectivity index (χ1n) is 11.9. The number of rotatable bonds is 7. The van der Waals surface area contributed by atoms with Crippen molar-refractivity contribution in [3.05, 3.63) is 30.3 Å². The molecule has 3 heterocycles. The van der Waals surface area contributed by atoms with E-state index in [9.17, 15) is 0 Å². The van der Waals surface area contributed by atoms with Crippen molar-refractivity contribution < 1.29 is 33.2 Å². The van der Waals surface area contributed by atoms with E-state index in [4.69, 9.17) is 38.1 Å². The Kier molecular flexibility index (Phi) is 5.94. The average molecular weight is 493 g/mol. The number of methoxy groups -OCH3 is 3. The van der Waals surface area contributed by atoms with Gasteiger partial charge in [-0.25, -0.2) is 4.98 Å². The summed E-state index contributed by atoms with van der Waals surface area (Å²) in [5, 5.41) is 4.45. The van der Waals surface area contributed by atoms with Gasteiger partial charge in [-0.15, -0.1) is 0 Å². The van der Waals surface area contributed by atoms with Gasteiger partial charge in [0.05, 0.1) is 45.4 Å². The molecule has 0 bridgehead atoms. The van der Waals surface area contributed by atoms with Gasteiger partial charge in [-0.2, -0.15) is 0 Å². The van der Waals surface area contributed by atoms with Crippen LogP contribution in [0.2, 0.25) is 0 Å². The fraction of sp³-hybridized carbons (Fsp3) is 0.370. The second-order valence-electron chi connectivity index (χ2n) is 8.70. The van der Waals surface area contributed by atoms with Crippen LogP contribution in [-0.4, -0.2) is 77.5 Å². The molecule has 9 heteroatoms. The molecule has 2 aliphatic rings. The Balaban J connectivity index is 1.57. The van der Waals surface area contributed by atoms with Crippen molar-refractivity contribution in [3.8, 4) is 34.6 Å². The standard InChI is InChI=1S/C27H28N2O7/c1-30-20-13-18-19(14-21(20)31-2)27(32-3)28-26-17-12-23-22(35-15-36-23)10-16(17)11-24(25(18)26)34-9-6-29-4-7-33-8-5-29/h10-14H,4-9,15H2,1-3H3. The molecule has 0 unspecified atom stereocenters. The lowest BCUT2D eigenvalue weighted by Crippen LogP contribution is -2.38. The predicted octanol–water partition coefficient (Wildman–Crippen LogP) is 4.01. The lowest BCUT2D eigenvalue weighted by atomic mass is 9.99. The molecular formula is C27H28N2O7. The van der Waals surface area contributed by atoms with Gasteiger partial charge in [0.1, 0.15) is 12.4 Å². The zero-order valence-electron chi connectivity index (χ0n) is 20.6. The van der Waals surface area contributed by atoms with Crippen LogP contribution in [0.15, 0.2) is 30.3 Å². The van der Waals surface area contributed by atoms with Crippen LogP contribution in [0.4, 0.5) is 0 Å². The highest BCUT2D eigenvalue weighted by molar-refractivity contribution is 6.20. The summed E-state index contributed by atoms with van der Waals surface area (Å²) < 4.78 is 40.1. The summed E-state index contributed by atoms with van der Waals surface area (Å²) in [6.07, 6.45) is 0. The molecule has 6 rings (SSSR count). The van der Waals surface area contributed by atoms with Crippen molar-refractivity contribution in [1.82, 2.24) is 9.88 Å². The van der Waals surface area contributed by atoms with Gasteiger partial charge in [0.25, 0.3) is 0 Å². The number of benzene rings is 3. The van der Waals surface area contributed by atoms with Crippen molar-refractivity contribution in [2.45, 2.75) is 0 Å². The van der Waals surface area contributed by atoms with E-state index < -0.39 is 0 Å². The van der Waals surface area contributed by atoms with E-state index in [1.807, 2.05) is 30.3 Å². The van der Waals surface area contributed by atoms with Crippen LogP contribution in [0.25, 0.3) is 32.4 Å². The molecule has 1 fully saturated rings. The van der Waals surface area contributed by atoms with E-state index in [1.165, 1.54) is 0 Å². The van der Waals surface area contributed by atoms with E-state index in [0.717, 1.165) is 71.0 Å². The van der Waals surface area contributed by atoms with Crippen LogP contribution in [-0.2, 0) is 4.74 Å². The molecule has 4 aromatic rings. The lowest BCUT2D eigenvalue weighted by molar-refractivity contribution is 0.0323. The Hall–Kier alpha value is -3.69. The van der Waals surface area contributed by atoms with Crippen molar-refractivity contribution in [2.75, 3.05) is 67.6 Å². The normalized spacial score (nSPS) is 15.5. The molecule has 36 heavy (non-hydrogen) atoms. The fourth-order valence-corrected chi connectivity index (χ4v) is 4.93. The molecule has 188 valence electrons. The van der Waals surface area contributed by atoms with E-state index in [-0.39, 0.29) is 6.79 Å². The Labute approximate surface area is 208 Å². The molecule has 0 amide bonds. The van der Waals surface area contributed by atoms with Crippen LogP contribution in [0.3, 0.4) is 0 Å². The topological polar surface area (TPSA) is 80.7 Å². The molecule has 9 nitrogen and oxygen atoms in total. The molecule has 2 aliphatic heterocycles. The zero-order chi connectivity index (χ0) is 24.6. The Morgan fingerprint density at radius 3 is 2.25 bits per heavy atom. The average Bonchev–Trinajstić information content (AvgIpc) is 3.38. The van der Waals surface area contributed by atoms with Gasteiger partial charge in [0.2, 0.25) is 12.7 Å². The third-order valence-electron chi connectivity index (χ3n) is 6.77. The quantitative estimate of drug-likeness (QED) is 0.356. The monoisotopic (exact) mass is 492 g/mol. The first kappa shape index (κ1) is 22.8. The van der Waals surface area contributed by atoms with Crippen LogP contribution >= 0.6 is 0 Å². The van der Waals surface area contributed by atoms with E-state index >= 15 is 0 Å². The van der Waals surface area contributed by atoms with Gasteiger partial charge >= 0.3 is 0 Å². The van der Waals surface area contributed by atoms with Crippen molar-refractivity contribution in [2.24, 2.45) is 0 Å². The van der Waals surface area contributed by atoms with E-state index in [0.29, 0.717) is 35.5 Å². The third kappa shape index (κ3) is 3.84. The summed E-state index contributed by atoms with van der Waals surface area (Å²) in [6, 6.07) is 9.83. The summed E-state index contributed by atoms with van der Waals surface area (Å²) in [5.41, 5.74) is 0.753. The number of hydrogen-bond acceptors (Lipinski definition) is 9. The number of aromatic nitrogens is 1. The number of morpholine rings is 1. The van der Waals surface area contributed by atoms with Crippen LogP contribution in [0, 0.1) is 0 Å². The zero-order valence-corrected chi connectivity index (χ0v) is 20.6. The number of nitrogens with zero attached hydrogens (tertiary/aromatic N) is 2. The van der Waals surface area contributed by atoms with Gasteiger partial charge < -0.3 is 33.2 Å². The van der Waals surface area contributed by atoms with Crippen LogP contribution in [0.5, 0.6) is 34.6 Å². The van der Waals surface area contributed by atoms with Gasteiger partial charge in [-0.3, -0.25) is 4.90 Å². The molecule has 3 aromatic carbocycles. The van der Waals surface area contributed by atoms with Gasteiger partial charge in [0, 0.05) is 35.8 Å². The number of hydrogen-bond donors (Lipinski definition) is 0. The SMILES string of the molecule is COc1cc2c(OC)nc3c4cc5c(cc4cc(OCCN4CCOCC4)c3c2cc1OC)OCO5. The van der Waals surface area contributed by atoms with E-state index in [2.05, 4.69) is 4.90 Å². The Morgan fingerprint density at radius 2 is 1.53 bits per heavy atom. The number of ether oxygens (including phenoxy) is 7. The second kappa shape index (κ2) is 9.40. The summed E-state index contributed by atoms with van der Waals surface area (Å²) >= 11 is 0. The first-order chi connectivity index (χ1) is 17.7. The van der Waals surface area contributed by atoms with Crippen LogP contribution < -0.4 is 28.4 Å². The summed E-state index contributed by atoms with van der Waals surface area (Å²) in [6.45, 7) is 4.86. The Bertz CT molecular complexity index is 1450. The molecule has 0 atom stereocenters. The maximum absolute atomic E-state index is 6.45. The summed E-state index contributed by atoms with van der Waals surface area (Å²) in [4.78, 5) is 7.29. The van der Waals surface area contributed by atoms with Crippen molar-refractivity contribution >= 4 is 32.4 Å². The highest BCUT2D eigenvalue weighted by atomic mass is 16.7. The maximum atomic E-state index is 6.45. The molecule has 0 radical (unpaired) electrons. The van der Waals surface area contributed by atoms with Gasteiger partial charge in [-0.1, -0.05) is 0 Å². The molecule has 0 aliphatic carbocycles. The molecule has 0 N–H and O–H groups in total. The smallest absolute Gasteiger partial charge is 0.231 e. The molecule has 1 saturated heterocycles. The minimum atomic E-state index is 0.198. The molecule has 0 spiro atoms. The molecule has 1 aromatic heterocycles. The minimum Gasteiger partial charge on any atom is -0.493 e. The summed E-state index contributed by atoms with van der Waals surface area (Å²) in [5.74, 6) is 3.84. The molecule has 0 saturated carbocycles. The number of pyridine rings is 1. The largest absolute Gasteiger partial charge is 0.493 e. The fourth-order valence-electron chi connectivity index (χ4n) is 4.93. The molecular weight excluding hydrogens is 464 g/mol.